The first kappa shape index (κ1) is 21.4. The van der Waals surface area contributed by atoms with Gasteiger partial charge in [-0.2, -0.15) is 13.2 Å². The van der Waals surface area contributed by atoms with Crippen molar-refractivity contribution in [2.75, 3.05) is 6.61 Å². The molecule has 1 aliphatic heterocycles. The van der Waals surface area contributed by atoms with Crippen LogP contribution < -0.4 is 15.0 Å². The van der Waals surface area contributed by atoms with Crippen molar-refractivity contribution in [3.05, 3.63) is 63.5 Å². The molecule has 10 heteroatoms. The lowest BCUT2D eigenvalue weighted by molar-refractivity contribution is -0.138. The molecule has 0 saturated carbocycles. The first-order valence-electron chi connectivity index (χ1n) is 8.40. The zero-order valence-corrected chi connectivity index (χ0v) is 16.9. The van der Waals surface area contributed by atoms with E-state index >= 15 is 0 Å². The maximum absolute atomic E-state index is 14.4. The summed E-state index contributed by atoms with van der Waals surface area (Å²) in [6.07, 6.45) is -5.70. The fourth-order valence-corrected chi connectivity index (χ4v) is 3.23. The molecule has 0 radical (unpaired) electrons. The molecule has 0 spiro atoms. The number of hydrogen-bond acceptors (Lipinski definition) is 3. The van der Waals surface area contributed by atoms with Crippen molar-refractivity contribution in [3.8, 4) is 11.5 Å². The van der Waals surface area contributed by atoms with Crippen molar-refractivity contribution in [1.82, 2.24) is 4.57 Å². The lowest BCUT2D eigenvalue weighted by Crippen LogP contribution is -2.27. The van der Waals surface area contributed by atoms with Gasteiger partial charge >= 0.3 is 6.18 Å². The Morgan fingerprint density at radius 2 is 2.07 bits per heavy atom. The van der Waals surface area contributed by atoms with Crippen LogP contribution in [-0.4, -0.2) is 17.5 Å². The number of hydrogen-bond donors (Lipinski definition) is 0. The molecule has 0 amide bonds. The SMILES string of the molecule is C=C1COc2c(ccc(Br)c2F)C1N=c1c(OC(C)F)cc(C(F)(F)F)cn1C. The predicted octanol–water partition coefficient (Wildman–Crippen LogP) is 5.23. The van der Waals surface area contributed by atoms with Crippen molar-refractivity contribution in [3.63, 3.8) is 0 Å². The Balaban J connectivity index is 2.23. The van der Waals surface area contributed by atoms with E-state index in [0.717, 1.165) is 17.7 Å². The van der Waals surface area contributed by atoms with Gasteiger partial charge < -0.3 is 14.0 Å². The van der Waals surface area contributed by atoms with Gasteiger partial charge in [0.1, 0.15) is 12.6 Å². The molecular weight excluding hydrogens is 463 g/mol. The van der Waals surface area contributed by atoms with E-state index in [2.05, 4.69) is 27.5 Å². The number of nitrogens with zero attached hydrogens (tertiary/aromatic N) is 2. The van der Waals surface area contributed by atoms with Crippen LogP contribution in [-0.2, 0) is 13.2 Å². The second kappa shape index (κ2) is 7.81. The molecule has 156 valence electrons. The van der Waals surface area contributed by atoms with Gasteiger partial charge in [0.05, 0.1) is 10.0 Å². The lowest BCUT2D eigenvalue weighted by Gasteiger charge is -2.26. The largest absolute Gasteiger partial charge is 0.486 e. The Hall–Kier alpha value is -2.36. The summed E-state index contributed by atoms with van der Waals surface area (Å²) in [6, 6.07) is 2.90. The summed E-state index contributed by atoms with van der Waals surface area (Å²) < 4.78 is 78.9. The highest BCUT2D eigenvalue weighted by Crippen LogP contribution is 2.41. The summed E-state index contributed by atoms with van der Waals surface area (Å²) in [4.78, 5) is 4.43. The van der Waals surface area contributed by atoms with Crippen molar-refractivity contribution < 1.29 is 31.4 Å². The van der Waals surface area contributed by atoms with Crippen molar-refractivity contribution in [2.45, 2.75) is 25.5 Å². The van der Waals surface area contributed by atoms with E-state index in [-0.39, 0.29) is 22.3 Å². The minimum Gasteiger partial charge on any atom is -0.486 e. The summed E-state index contributed by atoms with van der Waals surface area (Å²) >= 11 is 3.07. The van der Waals surface area contributed by atoms with E-state index < -0.39 is 35.7 Å². The Morgan fingerprint density at radius 1 is 1.38 bits per heavy atom. The van der Waals surface area contributed by atoms with E-state index in [1.807, 2.05) is 0 Å². The van der Waals surface area contributed by atoms with Crippen LogP contribution >= 0.6 is 15.9 Å². The molecule has 2 atom stereocenters. The lowest BCUT2D eigenvalue weighted by atomic mass is 9.97. The van der Waals surface area contributed by atoms with Gasteiger partial charge in [0.15, 0.2) is 22.8 Å². The highest BCUT2D eigenvalue weighted by atomic mass is 79.9. The molecule has 0 N–H and O–H groups in total. The molecular formula is C19H16BrF5N2O2. The van der Waals surface area contributed by atoms with Gasteiger partial charge in [0.25, 0.3) is 0 Å². The standard InChI is InChI=1S/C19H16BrF5N2O2/c1-9-8-28-17-12(4-5-13(20)15(17)22)16(9)26-18-14(29-10(2)21)6-11(7-27(18)3)19(23,24)25/h4-7,10,16H,1,8H2,2-3H3. The number of halogens is 6. The zero-order chi connectivity index (χ0) is 21.5. The van der Waals surface area contributed by atoms with E-state index in [9.17, 15) is 22.0 Å². The zero-order valence-electron chi connectivity index (χ0n) is 15.4. The van der Waals surface area contributed by atoms with Crippen LogP contribution in [0.5, 0.6) is 11.5 Å². The second-order valence-electron chi connectivity index (χ2n) is 6.44. The summed E-state index contributed by atoms with van der Waals surface area (Å²) in [5.41, 5.74) is -0.264. The molecule has 2 aromatic rings. The summed E-state index contributed by atoms with van der Waals surface area (Å²) in [7, 11) is 1.33. The number of alkyl halides is 4. The Kier molecular flexibility index (Phi) is 5.75. The fourth-order valence-electron chi connectivity index (χ4n) is 2.91. The van der Waals surface area contributed by atoms with Crippen molar-refractivity contribution in [2.24, 2.45) is 12.0 Å². The third-order valence-corrected chi connectivity index (χ3v) is 4.82. The van der Waals surface area contributed by atoms with E-state index in [1.54, 1.807) is 6.07 Å². The molecule has 0 fully saturated rings. The van der Waals surface area contributed by atoms with Gasteiger partial charge in [-0.3, -0.25) is 4.99 Å². The normalized spacial score (nSPS) is 18.3. The van der Waals surface area contributed by atoms with Gasteiger partial charge in [0.2, 0.25) is 6.36 Å². The van der Waals surface area contributed by atoms with E-state index in [4.69, 9.17) is 9.47 Å². The molecule has 0 aliphatic carbocycles. The Labute approximate surface area is 171 Å². The van der Waals surface area contributed by atoms with Gasteiger partial charge in [-0.15, -0.1) is 0 Å². The summed E-state index contributed by atoms with van der Waals surface area (Å²) in [5, 5.41) is 0. The summed E-state index contributed by atoms with van der Waals surface area (Å²) in [5.74, 6) is -1.05. The highest BCUT2D eigenvalue weighted by molar-refractivity contribution is 9.10. The average Bonchev–Trinajstić information content (AvgIpc) is 2.61. The topological polar surface area (TPSA) is 35.8 Å². The smallest absolute Gasteiger partial charge is 0.417 e. The maximum atomic E-state index is 14.4. The molecule has 1 aromatic carbocycles. The van der Waals surface area contributed by atoms with Crippen LogP contribution in [0.4, 0.5) is 22.0 Å². The minimum atomic E-state index is -4.65. The number of ether oxygens (including phenoxy) is 2. The maximum Gasteiger partial charge on any atom is 0.417 e. The quantitative estimate of drug-likeness (QED) is 0.447. The molecule has 3 rings (SSSR count). The van der Waals surface area contributed by atoms with E-state index in [0.29, 0.717) is 17.2 Å². The molecule has 0 saturated heterocycles. The molecule has 1 aromatic heterocycles. The van der Waals surface area contributed by atoms with Gasteiger partial charge in [0, 0.05) is 25.7 Å². The second-order valence-corrected chi connectivity index (χ2v) is 7.30. The summed E-state index contributed by atoms with van der Waals surface area (Å²) in [6.45, 7) is 4.87. The molecule has 4 nitrogen and oxygen atoms in total. The molecule has 0 bridgehead atoms. The van der Waals surface area contributed by atoms with Crippen LogP contribution in [0.15, 0.2) is 46.0 Å². The number of pyridine rings is 1. The number of rotatable bonds is 3. The van der Waals surface area contributed by atoms with E-state index in [1.165, 1.54) is 13.1 Å². The molecule has 29 heavy (non-hydrogen) atoms. The van der Waals surface area contributed by atoms with Crippen LogP contribution in [0, 0.1) is 5.82 Å². The predicted molar refractivity (Wildman–Crippen MR) is 98.7 cm³/mol. The van der Waals surface area contributed by atoms with Crippen LogP contribution in [0.1, 0.15) is 24.1 Å². The third kappa shape index (κ3) is 4.31. The fraction of sp³-hybridized carbons (Fsp3) is 0.316. The van der Waals surface area contributed by atoms with Gasteiger partial charge in [-0.05, 0) is 33.6 Å². The van der Waals surface area contributed by atoms with Crippen LogP contribution in [0.3, 0.4) is 0 Å². The highest BCUT2D eigenvalue weighted by Gasteiger charge is 2.33. The Bertz CT molecular complexity index is 1030. The molecule has 2 heterocycles. The van der Waals surface area contributed by atoms with Crippen LogP contribution in [0.25, 0.3) is 0 Å². The van der Waals surface area contributed by atoms with Crippen molar-refractivity contribution in [1.29, 1.82) is 0 Å². The van der Waals surface area contributed by atoms with Gasteiger partial charge in [-0.1, -0.05) is 12.6 Å². The first-order chi connectivity index (χ1) is 13.5. The number of aryl methyl sites for hydroxylation is 1. The third-order valence-electron chi connectivity index (χ3n) is 4.21. The van der Waals surface area contributed by atoms with Crippen molar-refractivity contribution >= 4 is 15.9 Å². The number of benzene rings is 1. The monoisotopic (exact) mass is 478 g/mol. The van der Waals surface area contributed by atoms with Gasteiger partial charge in [-0.25, -0.2) is 8.78 Å². The Morgan fingerprint density at radius 3 is 2.69 bits per heavy atom. The first-order valence-corrected chi connectivity index (χ1v) is 9.19. The average molecular weight is 479 g/mol. The number of fused-ring (bicyclic) bond motifs is 1. The number of aromatic nitrogens is 1. The molecule has 1 aliphatic rings. The van der Waals surface area contributed by atoms with Crippen LogP contribution in [0.2, 0.25) is 0 Å². The molecule has 2 unspecified atom stereocenters. The minimum absolute atomic E-state index is 0.0311.